The minimum absolute atomic E-state index is 0.108. The Morgan fingerprint density at radius 2 is 2.10 bits per heavy atom. The van der Waals surface area contributed by atoms with Gasteiger partial charge in [-0.2, -0.15) is 0 Å². The number of carbonyl (C=O) groups is 2. The maximum Gasteiger partial charge on any atom is 0.236 e. The number of allylic oxidation sites excluding steroid dienone is 1. The van der Waals surface area contributed by atoms with E-state index in [4.69, 9.17) is 0 Å². The Balaban J connectivity index is 2.89. The monoisotopic (exact) mass is 139 g/mol. The van der Waals surface area contributed by atoms with Crippen LogP contribution in [-0.4, -0.2) is 23.6 Å². The second kappa shape index (κ2) is 2.25. The molecular formula is C7H9NO2. The molecule has 0 spiro atoms. The van der Waals surface area contributed by atoms with Crippen molar-refractivity contribution < 1.29 is 9.59 Å². The van der Waals surface area contributed by atoms with E-state index in [0.29, 0.717) is 0 Å². The summed E-state index contributed by atoms with van der Waals surface area (Å²) in [5, 5.41) is 0. The van der Waals surface area contributed by atoms with E-state index in [1.807, 2.05) is 0 Å². The average Bonchev–Trinajstić information content (AvgIpc) is 1.93. The summed E-state index contributed by atoms with van der Waals surface area (Å²) in [5.74, 6) is -0.731. The third-order valence-corrected chi connectivity index (χ3v) is 1.61. The van der Waals surface area contributed by atoms with Crippen LogP contribution in [0.3, 0.4) is 0 Å². The summed E-state index contributed by atoms with van der Waals surface area (Å²) in [5.41, 5.74) is 0. The van der Waals surface area contributed by atoms with E-state index in [1.165, 1.54) is 17.2 Å². The van der Waals surface area contributed by atoms with Gasteiger partial charge in [-0.15, -0.1) is 0 Å². The van der Waals surface area contributed by atoms with Crippen LogP contribution in [0.1, 0.15) is 6.92 Å². The van der Waals surface area contributed by atoms with Crippen molar-refractivity contribution >= 4 is 11.7 Å². The van der Waals surface area contributed by atoms with Gasteiger partial charge in [-0.05, 0) is 13.0 Å². The highest BCUT2D eigenvalue weighted by atomic mass is 16.2. The van der Waals surface area contributed by atoms with E-state index in [0.717, 1.165) is 0 Å². The second-order valence-electron chi connectivity index (χ2n) is 2.39. The van der Waals surface area contributed by atoms with Gasteiger partial charge in [0.15, 0.2) is 5.78 Å². The van der Waals surface area contributed by atoms with Crippen molar-refractivity contribution in [2.45, 2.75) is 6.92 Å². The third kappa shape index (κ3) is 0.943. The molecule has 0 aromatic carbocycles. The Bertz CT molecular complexity index is 208. The van der Waals surface area contributed by atoms with E-state index >= 15 is 0 Å². The molecule has 1 amide bonds. The number of ketones is 1. The lowest BCUT2D eigenvalue weighted by molar-refractivity contribution is -0.137. The molecule has 0 aliphatic carbocycles. The molecule has 0 saturated carbocycles. The number of hydrogen-bond donors (Lipinski definition) is 0. The highest BCUT2D eigenvalue weighted by Crippen LogP contribution is 2.08. The Labute approximate surface area is 59.3 Å². The minimum atomic E-state index is -0.491. The number of hydrogen-bond acceptors (Lipinski definition) is 2. The van der Waals surface area contributed by atoms with E-state index < -0.39 is 5.92 Å². The number of rotatable bonds is 0. The molecule has 0 aromatic heterocycles. The summed E-state index contributed by atoms with van der Waals surface area (Å²) >= 11 is 0. The number of amides is 1. The predicted octanol–water partition coefficient (Wildman–Crippen LogP) is 0.177. The van der Waals surface area contributed by atoms with Crippen LogP contribution >= 0.6 is 0 Å². The topological polar surface area (TPSA) is 37.4 Å². The Morgan fingerprint density at radius 1 is 1.50 bits per heavy atom. The van der Waals surface area contributed by atoms with E-state index in [1.54, 1.807) is 14.0 Å². The first-order chi connectivity index (χ1) is 4.63. The molecule has 0 N–H and O–H groups in total. The molecule has 3 nitrogen and oxygen atoms in total. The van der Waals surface area contributed by atoms with Crippen molar-refractivity contribution in [1.82, 2.24) is 4.90 Å². The smallest absolute Gasteiger partial charge is 0.236 e. The van der Waals surface area contributed by atoms with Gasteiger partial charge in [0.05, 0.1) is 5.92 Å². The molecule has 0 unspecified atom stereocenters. The van der Waals surface area contributed by atoms with Crippen molar-refractivity contribution in [3.63, 3.8) is 0 Å². The molecule has 0 aromatic rings. The lowest BCUT2D eigenvalue weighted by atomic mass is 10.0. The second-order valence-corrected chi connectivity index (χ2v) is 2.39. The highest BCUT2D eigenvalue weighted by Gasteiger charge is 2.25. The van der Waals surface area contributed by atoms with Gasteiger partial charge in [0.1, 0.15) is 0 Å². The molecule has 1 aliphatic heterocycles. The molecule has 1 rings (SSSR count). The molecule has 1 aliphatic rings. The van der Waals surface area contributed by atoms with Gasteiger partial charge in [0, 0.05) is 13.2 Å². The molecule has 3 heteroatoms. The van der Waals surface area contributed by atoms with Crippen LogP contribution in [0.15, 0.2) is 12.3 Å². The average molecular weight is 139 g/mol. The van der Waals surface area contributed by atoms with Gasteiger partial charge in [0.2, 0.25) is 5.91 Å². The quantitative estimate of drug-likeness (QED) is 0.449. The Morgan fingerprint density at radius 3 is 2.60 bits per heavy atom. The fraction of sp³-hybridized carbons (Fsp3) is 0.429. The zero-order valence-electron chi connectivity index (χ0n) is 6.00. The molecular weight excluding hydrogens is 130 g/mol. The molecule has 0 bridgehead atoms. The first-order valence-corrected chi connectivity index (χ1v) is 3.11. The summed E-state index contributed by atoms with van der Waals surface area (Å²) in [7, 11) is 1.64. The van der Waals surface area contributed by atoms with Crippen LogP contribution in [0.25, 0.3) is 0 Å². The maximum absolute atomic E-state index is 11.0. The van der Waals surface area contributed by atoms with E-state index in [2.05, 4.69) is 0 Å². The van der Waals surface area contributed by atoms with Crippen molar-refractivity contribution in [3.05, 3.63) is 12.3 Å². The fourth-order valence-electron chi connectivity index (χ4n) is 0.830. The minimum Gasteiger partial charge on any atom is -0.321 e. The molecule has 54 valence electrons. The first kappa shape index (κ1) is 6.99. The van der Waals surface area contributed by atoms with Crippen LogP contribution in [-0.2, 0) is 9.59 Å². The first-order valence-electron chi connectivity index (χ1n) is 3.11. The summed E-state index contributed by atoms with van der Waals surface area (Å²) in [4.78, 5) is 23.2. The van der Waals surface area contributed by atoms with Gasteiger partial charge >= 0.3 is 0 Å². The number of nitrogens with zero attached hydrogens (tertiary/aromatic N) is 1. The molecule has 0 fully saturated rings. The molecule has 10 heavy (non-hydrogen) atoms. The molecule has 1 atom stereocenters. The van der Waals surface area contributed by atoms with E-state index in [9.17, 15) is 9.59 Å². The normalized spacial score (nSPS) is 25.8. The maximum atomic E-state index is 11.0. The lowest BCUT2D eigenvalue weighted by Gasteiger charge is -2.19. The van der Waals surface area contributed by atoms with Gasteiger partial charge in [-0.1, -0.05) is 0 Å². The summed E-state index contributed by atoms with van der Waals surface area (Å²) in [6.07, 6.45) is 2.91. The summed E-state index contributed by atoms with van der Waals surface area (Å²) in [6, 6.07) is 0. The van der Waals surface area contributed by atoms with Gasteiger partial charge in [-0.3, -0.25) is 9.59 Å². The van der Waals surface area contributed by atoms with Gasteiger partial charge < -0.3 is 4.90 Å². The largest absolute Gasteiger partial charge is 0.321 e. The zero-order chi connectivity index (χ0) is 7.72. The van der Waals surface area contributed by atoms with Crippen LogP contribution in [0.2, 0.25) is 0 Å². The van der Waals surface area contributed by atoms with E-state index in [-0.39, 0.29) is 11.7 Å². The Hall–Kier alpha value is -1.12. The number of carbonyl (C=O) groups excluding carboxylic acids is 2. The Kier molecular flexibility index (Phi) is 1.57. The fourth-order valence-corrected chi connectivity index (χ4v) is 0.830. The SMILES string of the molecule is C[C@@H]1C(=O)C=CN(C)C1=O. The summed E-state index contributed by atoms with van der Waals surface area (Å²) in [6.45, 7) is 1.62. The zero-order valence-corrected chi connectivity index (χ0v) is 6.00. The van der Waals surface area contributed by atoms with Crippen molar-refractivity contribution in [3.8, 4) is 0 Å². The van der Waals surface area contributed by atoms with Crippen molar-refractivity contribution in [1.29, 1.82) is 0 Å². The molecule has 1 heterocycles. The van der Waals surface area contributed by atoms with Crippen LogP contribution in [0.4, 0.5) is 0 Å². The summed E-state index contributed by atoms with van der Waals surface area (Å²) < 4.78 is 0. The van der Waals surface area contributed by atoms with Crippen LogP contribution in [0.5, 0.6) is 0 Å². The molecule has 0 radical (unpaired) electrons. The molecule has 0 saturated heterocycles. The lowest BCUT2D eigenvalue weighted by Crippen LogP contribution is -2.35. The highest BCUT2D eigenvalue weighted by molar-refractivity contribution is 6.08. The van der Waals surface area contributed by atoms with Crippen molar-refractivity contribution in [2.75, 3.05) is 7.05 Å². The standard InChI is InChI=1S/C7H9NO2/c1-5-6(9)3-4-8(2)7(5)10/h3-5H,1-2H3/t5-/m1/s1. The van der Waals surface area contributed by atoms with Crippen LogP contribution < -0.4 is 0 Å². The third-order valence-electron chi connectivity index (χ3n) is 1.61. The van der Waals surface area contributed by atoms with Crippen LogP contribution in [0, 0.1) is 5.92 Å². The van der Waals surface area contributed by atoms with Crippen molar-refractivity contribution in [2.24, 2.45) is 5.92 Å². The van der Waals surface area contributed by atoms with Gasteiger partial charge in [0.25, 0.3) is 0 Å². The predicted molar refractivity (Wildman–Crippen MR) is 36.1 cm³/mol. The van der Waals surface area contributed by atoms with Gasteiger partial charge in [-0.25, -0.2) is 0 Å².